The fourth-order valence-electron chi connectivity index (χ4n) is 8.79. The molecule has 8 aromatic rings. The molecule has 0 fully saturated rings. The fourth-order valence-corrected chi connectivity index (χ4v) is 11.2. The number of aromatic nitrogens is 10. The van der Waals surface area contributed by atoms with Crippen molar-refractivity contribution < 1.29 is 42.8 Å². The topological polar surface area (TPSA) is 134 Å². The SMILES string of the molecule is C[n+]1ccc(-c2c3nc(c(-c4cc[n+](C)cc4)c4ccc([n-]4)c(-c4cc[n+](C)cc4)c4nc(c(-c5ccc(-n6cc(CN7C(=O)C8=C(SCS8)C7=O)nn6)cc5)c5ccc2[n-]5)C=C4)C=C3)cc1.[Zn+2]. The zero-order chi connectivity index (χ0) is 45.3. The molecule has 0 atom stereocenters. The summed E-state index contributed by atoms with van der Waals surface area (Å²) in [5, 5.41) is 9.39. The first kappa shape index (κ1) is 43.2. The number of rotatable bonds is 7. The quantitative estimate of drug-likeness (QED) is 0.0922. The summed E-state index contributed by atoms with van der Waals surface area (Å²) in [6.45, 7) is 0.0488. The molecule has 1 aromatic carbocycles. The van der Waals surface area contributed by atoms with Gasteiger partial charge < -0.3 is 9.97 Å². The molecule has 12 rings (SSSR count). The van der Waals surface area contributed by atoms with Gasteiger partial charge in [0.1, 0.15) is 26.8 Å². The Kier molecular flexibility index (Phi) is 11.0. The molecule has 324 valence electrons. The average molecular weight is 978 g/mol. The van der Waals surface area contributed by atoms with Gasteiger partial charge in [0.25, 0.3) is 11.8 Å². The fraction of sp³-hybridized carbons (Fsp3) is 0.0962. The van der Waals surface area contributed by atoms with E-state index in [0.29, 0.717) is 20.6 Å². The van der Waals surface area contributed by atoms with Crippen LogP contribution in [0.2, 0.25) is 0 Å². The van der Waals surface area contributed by atoms with Crippen LogP contribution in [0.4, 0.5) is 0 Å². The van der Waals surface area contributed by atoms with Crippen LogP contribution in [-0.2, 0) is 56.8 Å². The van der Waals surface area contributed by atoms with E-state index in [1.54, 1.807) is 10.9 Å². The van der Waals surface area contributed by atoms with Crippen LogP contribution in [0, 0.1) is 0 Å². The van der Waals surface area contributed by atoms with Crippen molar-refractivity contribution in [2.24, 2.45) is 21.1 Å². The van der Waals surface area contributed by atoms with E-state index in [0.717, 1.165) is 95.0 Å². The van der Waals surface area contributed by atoms with Crippen molar-refractivity contribution in [3.63, 3.8) is 0 Å². The number of imide groups is 1. The molecule has 0 unspecified atom stereocenters. The summed E-state index contributed by atoms with van der Waals surface area (Å²) in [6, 6.07) is 28.8. The predicted octanol–water partition coefficient (Wildman–Crippen LogP) is 7.15. The van der Waals surface area contributed by atoms with Gasteiger partial charge in [0.15, 0.2) is 37.2 Å². The Morgan fingerprint density at radius 2 is 0.897 bits per heavy atom. The Morgan fingerprint density at radius 3 is 1.28 bits per heavy atom. The van der Waals surface area contributed by atoms with Crippen LogP contribution in [-0.4, -0.2) is 46.8 Å². The maximum absolute atomic E-state index is 13.0. The number of nitrogens with zero attached hydrogens (tertiary/aromatic N) is 11. The summed E-state index contributed by atoms with van der Waals surface area (Å²) in [4.78, 5) is 49.9. The Labute approximate surface area is 411 Å². The predicted molar refractivity (Wildman–Crippen MR) is 260 cm³/mol. The van der Waals surface area contributed by atoms with E-state index in [1.165, 1.54) is 28.4 Å². The second-order valence-corrected chi connectivity index (χ2v) is 18.9. The minimum absolute atomic E-state index is 0. The third-order valence-corrected chi connectivity index (χ3v) is 14.6. The molecule has 4 aliphatic heterocycles. The van der Waals surface area contributed by atoms with Gasteiger partial charge in [-0.15, -0.1) is 50.7 Å². The second kappa shape index (κ2) is 17.4. The van der Waals surface area contributed by atoms with Gasteiger partial charge in [-0.3, -0.25) is 14.5 Å². The number of hydrogen-bond donors (Lipinski definition) is 0. The van der Waals surface area contributed by atoms with E-state index in [4.69, 9.17) is 19.9 Å². The molecule has 0 spiro atoms. The molecule has 0 radical (unpaired) electrons. The molecule has 2 amide bonds. The van der Waals surface area contributed by atoms with Crippen molar-refractivity contribution in [1.29, 1.82) is 0 Å². The van der Waals surface area contributed by atoms with Crippen molar-refractivity contribution in [2.45, 2.75) is 6.54 Å². The monoisotopic (exact) mass is 976 g/mol. The number of aryl methyl sites for hydroxylation is 3. The first-order valence-corrected chi connectivity index (χ1v) is 23.5. The van der Waals surface area contributed by atoms with E-state index >= 15 is 0 Å². The molecule has 0 aliphatic carbocycles. The first-order chi connectivity index (χ1) is 32.7. The third-order valence-electron chi connectivity index (χ3n) is 12.2. The van der Waals surface area contributed by atoms with Crippen LogP contribution >= 0.6 is 23.5 Å². The molecule has 0 saturated heterocycles. The zero-order valence-electron chi connectivity index (χ0n) is 37.1. The van der Waals surface area contributed by atoms with Crippen molar-refractivity contribution in [1.82, 2.24) is 39.8 Å². The minimum Gasteiger partial charge on any atom is -0.657 e. The van der Waals surface area contributed by atoms with E-state index in [9.17, 15) is 9.59 Å². The molecule has 68 heavy (non-hydrogen) atoms. The summed E-state index contributed by atoms with van der Waals surface area (Å²) < 4.78 is 7.70. The van der Waals surface area contributed by atoms with Crippen molar-refractivity contribution >= 4 is 81.7 Å². The average Bonchev–Trinajstić information content (AvgIpc) is 4.21. The second-order valence-electron chi connectivity index (χ2n) is 16.6. The molecular weight excluding hydrogens is 940 g/mol. The van der Waals surface area contributed by atoms with Gasteiger partial charge in [0, 0.05) is 41.5 Å². The number of pyridine rings is 3. The van der Waals surface area contributed by atoms with Crippen molar-refractivity contribution in [3.8, 4) is 50.2 Å². The van der Waals surface area contributed by atoms with Crippen molar-refractivity contribution in [3.05, 3.63) is 167 Å². The van der Waals surface area contributed by atoms with Crippen LogP contribution in [0.1, 0.15) is 28.5 Å². The zero-order valence-corrected chi connectivity index (χ0v) is 41.7. The summed E-state index contributed by atoms with van der Waals surface area (Å²) in [7, 11) is 6.02. The molecule has 8 bridgehead atoms. The maximum atomic E-state index is 13.0. The Balaban J connectivity index is 0.00000507. The molecule has 11 heterocycles. The molecule has 7 aromatic heterocycles. The van der Waals surface area contributed by atoms with Crippen LogP contribution in [0.15, 0.2) is 138 Å². The maximum Gasteiger partial charge on any atom is 2.00 e. The molecule has 0 N–H and O–H groups in total. The van der Waals surface area contributed by atoms with E-state index in [1.807, 2.05) is 96.3 Å². The Hall–Kier alpha value is -7.39. The largest absolute Gasteiger partial charge is 2.00 e. The molecular formula is C52H38N11O2S2Zn+3. The Morgan fingerprint density at radius 1 is 0.529 bits per heavy atom. The third kappa shape index (κ3) is 7.64. The minimum atomic E-state index is -0.268. The molecule has 4 aliphatic rings. The van der Waals surface area contributed by atoms with Crippen LogP contribution in [0.25, 0.3) is 96.6 Å². The normalized spacial score (nSPS) is 14.0. The summed E-state index contributed by atoms with van der Waals surface area (Å²) in [6.07, 6.45) is 22.2. The molecule has 16 heteroatoms. The van der Waals surface area contributed by atoms with Crippen molar-refractivity contribution in [2.75, 3.05) is 5.08 Å². The molecule has 13 nitrogen and oxygen atoms in total. The van der Waals surface area contributed by atoms with E-state index in [2.05, 4.69) is 95.3 Å². The van der Waals surface area contributed by atoms with Gasteiger partial charge in [-0.25, -0.2) is 28.4 Å². The number of carbonyl (C=O) groups is 2. The smallest absolute Gasteiger partial charge is 0.657 e. The number of benzene rings is 1. The number of hydrogen-bond acceptors (Lipinski definition) is 8. The van der Waals surface area contributed by atoms with Gasteiger partial charge in [0.2, 0.25) is 0 Å². The summed E-state index contributed by atoms with van der Waals surface area (Å²) >= 11 is 2.83. The van der Waals surface area contributed by atoms with Crippen LogP contribution in [0.3, 0.4) is 0 Å². The number of amides is 2. The number of thioether (sulfide) groups is 2. The van der Waals surface area contributed by atoms with Crippen LogP contribution < -0.4 is 23.7 Å². The number of carbonyl (C=O) groups excluding carboxylic acids is 2. The van der Waals surface area contributed by atoms with Gasteiger partial charge in [-0.2, -0.15) is 0 Å². The summed E-state index contributed by atoms with van der Waals surface area (Å²) in [5.41, 5.74) is 14.9. The van der Waals surface area contributed by atoms with Gasteiger partial charge in [-0.1, -0.05) is 41.6 Å². The standard InChI is InChI=1S/C52H38N11O2S2.Zn/c1-59-22-16-32(17-23-59)46-39-10-8-37(53-39)45(31-4-6-36(7-5-31)63-29-35(57-58-63)28-62-51(64)49-50(52(62)65)67-30-66-49)38-9-11-40(54-38)47(33-18-24-60(2)25-19-33)42-13-15-44(56-42)48(43-14-12-41(46)55-43)34-20-26-61(3)27-21-34;/h4-27,29H,28,30H2,1-3H3;/q+1;+2. The molecule has 0 saturated carbocycles. The van der Waals surface area contributed by atoms with Gasteiger partial charge >= 0.3 is 19.5 Å². The Bertz CT molecular complexity index is 3580. The van der Waals surface area contributed by atoms with E-state index < -0.39 is 0 Å². The van der Waals surface area contributed by atoms with Crippen LogP contribution in [0.5, 0.6) is 0 Å². The van der Waals surface area contributed by atoms with Gasteiger partial charge in [-0.05, 0) is 80.9 Å². The number of fused-ring (bicyclic) bond motifs is 8. The first-order valence-electron chi connectivity index (χ1n) is 21.5. The van der Waals surface area contributed by atoms with Gasteiger partial charge in [0.05, 0.1) is 51.0 Å². The van der Waals surface area contributed by atoms with E-state index in [-0.39, 0.29) is 37.8 Å². The summed E-state index contributed by atoms with van der Waals surface area (Å²) in [5.74, 6) is -0.536.